The van der Waals surface area contributed by atoms with Crippen LogP contribution in [0.1, 0.15) is 13.8 Å². The Hall–Kier alpha value is -1.27. The van der Waals surface area contributed by atoms with E-state index in [-0.39, 0.29) is 0 Å². The number of urea groups is 1. The van der Waals surface area contributed by atoms with Gasteiger partial charge in [-0.05, 0) is 48.0 Å². The first-order valence-electron chi connectivity index (χ1n) is 5.39. The van der Waals surface area contributed by atoms with Gasteiger partial charge in [-0.3, -0.25) is 0 Å². The zero-order valence-electron chi connectivity index (χ0n) is 10.7. The van der Waals surface area contributed by atoms with Crippen molar-refractivity contribution in [1.29, 1.82) is 0 Å². The number of halogens is 2. The number of hydrogen-bond acceptors (Lipinski definition) is 2. The van der Waals surface area contributed by atoms with E-state index >= 15 is 0 Å². The van der Waals surface area contributed by atoms with Gasteiger partial charge in [0, 0.05) is 17.2 Å². The minimum absolute atomic E-state index is 0.456. The Balaban J connectivity index is 2.85. The summed E-state index contributed by atoms with van der Waals surface area (Å²) in [4.78, 5) is 24.1. The van der Waals surface area contributed by atoms with Gasteiger partial charge in [0.05, 0.1) is 5.02 Å². The van der Waals surface area contributed by atoms with Crippen LogP contribution < -0.4 is 5.32 Å². The van der Waals surface area contributed by atoms with E-state index in [1.165, 1.54) is 20.9 Å². The molecule has 0 atom stereocenters. The summed E-state index contributed by atoms with van der Waals surface area (Å²) in [6, 6.07) is 4.41. The first-order valence-corrected chi connectivity index (χ1v) is 6.56. The van der Waals surface area contributed by atoms with Gasteiger partial charge in [-0.1, -0.05) is 11.6 Å². The van der Waals surface area contributed by atoms with Crippen LogP contribution in [0.3, 0.4) is 0 Å². The minimum atomic E-state index is -1.30. The number of anilines is 1. The van der Waals surface area contributed by atoms with Crippen molar-refractivity contribution in [2.24, 2.45) is 0 Å². The Morgan fingerprint density at radius 2 is 2.00 bits per heavy atom. The van der Waals surface area contributed by atoms with Gasteiger partial charge in [0.25, 0.3) is 0 Å². The molecule has 0 saturated carbocycles. The SMILES string of the molecule is CN(C(=O)Nc1ccc(Br)c(Cl)c1)C(C)(C)C(=O)O. The van der Waals surface area contributed by atoms with Gasteiger partial charge in [-0.2, -0.15) is 0 Å². The largest absolute Gasteiger partial charge is 0.480 e. The number of carboxylic acids is 1. The number of aliphatic carboxylic acids is 1. The number of nitrogens with one attached hydrogen (secondary N) is 1. The topological polar surface area (TPSA) is 69.6 Å². The highest BCUT2D eigenvalue weighted by molar-refractivity contribution is 9.10. The van der Waals surface area contributed by atoms with Gasteiger partial charge in [-0.25, -0.2) is 9.59 Å². The summed E-state index contributed by atoms with van der Waals surface area (Å²) in [5, 5.41) is 12.1. The van der Waals surface area contributed by atoms with Gasteiger partial charge in [0.2, 0.25) is 0 Å². The summed E-state index contributed by atoms with van der Waals surface area (Å²) in [6.07, 6.45) is 0. The summed E-state index contributed by atoms with van der Waals surface area (Å²) < 4.78 is 0.714. The smallest absolute Gasteiger partial charge is 0.329 e. The van der Waals surface area contributed by atoms with Crippen LogP contribution in [0.4, 0.5) is 10.5 Å². The molecule has 104 valence electrons. The zero-order valence-corrected chi connectivity index (χ0v) is 13.0. The first-order chi connectivity index (χ1) is 8.66. The van der Waals surface area contributed by atoms with Crippen molar-refractivity contribution in [2.75, 3.05) is 12.4 Å². The number of benzene rings is 1. The average molecular weight is 350 g/mol. The van der Waals surface area contributed by atoms with Crippen molar-refractivity contribution in [3.05, 3.63) is 27.7 Å². The molecule has 1 rings (SSSR count). The zero-order chi connectivity index (χ0) is 14.8. The second kappa shape index (κ2) is 5.79. The molecule has 1 aromatic rings. The number of carboxylic acid groups (broad SMARTS) is 1. The van der Waals surface area contributed by atoms with Crippen LogP contribution >= 0.6 is 27.5 Å². The van der Waals surface area contributed by atoms with Gasteiger partial charge < -0.3 is 15.3 Å². The van der Waals surface area contributed by atoms with Crippen molar-refractivity contribution >= 4 is 45.2 Å². The van der Waals surface area contributed by atoms with Crippen molar-refractivity contribution in [1.82, 2.24) is 4.90 Å². The van der Waals surface area contributed by atoms with Crippen LogP contribution in [-0.4, -0.2) is 34.6 Å². The summed E-state index contributed by atoms with van der Waals surface area (Å²) in [5.41, 5.74) is -0.810. The van der Waals surface area contributed by atoms with Gasteiger partial charge in [0.1, 0.15) is 5.54 Å². The van der Waals surface area contributed by atoms with Crippen molar-refractivity contribution in [3.63, 3.8) is 0 Å². The first kappa shape index (κ1) is 15.8. The highest BCUT2D eigenvalue weighted by atomic mass is 79.9. The minimum Gasteiger partial charge on any atom is -0.480 e. The predicted molar refractivity (Wildman–Crippen MR) is 77.6 cm³/mol. The Morgan fingerprint density at radius 3 is 2.47 bits per heavy atom. The molecule has 0 aliphatic carbocycles. The molecule has 0 spiro atoms. The van der Waals surface area contributed by atoms with E-state index in [0.717, 1.165) is 4.90 Å². The summed E-state index contributed by atoms with van der Waals surface area (Å²) in [5.74, 6) is -1.08. The molecular weight excluding hydrogens is 336 g/mol. The molecule has 19 heavy (non-hydrogen) atoms. The van der Waals surface area contributed by atoms with Crippen molar-refractivity contribution in [2.45, 2.75) is 19.4 Å². The van der Waals surface area contributed by atoms with E-state index in [0.29, 0.717) is 15.2 Å². The standard InChI is InChI=1S/C12H14BrClN2O3/c1-12(2,10(17)18)16(3)11(19)15-7-4-5-8(13)9(14)6-7/h4-6H,1-3H3,(H,15,19)(H,17,18). The average Bonchev–Trinajstić information content (AvgIpc) is 2.32. The monoisotopic (exact) mass is 348 g/mol. The van der Waals surface area contributed by atoms with E-state index in [1.807, 2.05) is 0 Å². The third-order valence-corrected chi connectivity index (χ3v) is 4.07. The number of nitrogens with zero attached hydrogens (tertiary/aromatic N) is 1. The van der Waals surface area contributed by atoms with E-state index in [1.54, 1.807) is 18.2 Å². The lowest BCUT2D eigenvalue weighted by molar-refractivity contribution is -0.146. The van der Waals surface area contributed by atoms with Crippen LogP contribution in [0, 0.1) is 0 Å². The summed E-state index contributed by atoms with van der Waals surface area (Å²) in [7, 11) is 1.42. The lowest BCUT2D eigenvalue weighted by Gasteiger charge is -2.31. The highest BCUT2D eigenvalue weighted by Crippen LogP contribution is 2.26. The number of rotatable bonds is 3. The Labute approximate surface area is 124 Å². The number of carbonyl (C=O) groups excluding carboxylic acids is 1. The van der Waals surface area contributed by atoms with E-state index in [9.17, 15) is 9.59 Å². The molecule has 0 aliphatic rings. The maximum absolute atomic E-state index is 12.0. The number of carbonyl (C=O) groups is 2. The van der Waals surface area contributed by atoms with Gasteiger partial charge >= 0.3 is 12.0 Å². The number of amides is 2. The molecular formula is C12H14BrClN2O3. The second-order valence-electron chi connectivity index (χ2n) is 4.48. The van der Waals surface area contributed by atoms with E-state index < -0.39 is 17.5 Å². The third-order valence-electron chi connectivity index (χ3n) is 2.84. The Kier molecular flexibility index (Phi) is 4.81. The lowest BCUT2D eigenvalue weighted by Crippen LogP contribution is -2.52. The predicted octanol–water partition coefficient (Wildman–Crippen LogP) is 3.43. The fourth-order valence-electron chi connectivity index (χ4n) is 1.18. The van der Waals surface area contributed by atoms with E-state index in [2.05, 4.69) is 21.2 Å². The molecule has 1 aromatic carbocycles. The Bertz CT molecular complexity index is 520. The fourth-order valence-corrected chi connectivity index (χ4v) is 1.61. The molecule has 0 fully saturated rings. The summed E-state index contributed by atoms with van der Waals surface area (Å²) in [6.45, 7) is 2.90. The summed E-state index contributed by atoms with van der Waals surface area (Å²) >= 11 is 9.15. The highest BCUT2D eigenvalue weighted by Gasteiger charge is 2.35. The number of hydrogen-bond donors (Lipinski definition) is 2. The second-order valence-corrected chi connectivity index (χ2v) is 5.74. The molecule has 0 unspecified atom stereocenters. The molecule has 5 nitrogen and oxygen atoms in total. The normalized spacial score (nSPS) is 11.0. The maximum Gasteiger partial charge on any atom is 0.329 e. The molecule has 0 bridgehead atoms. The van der Waals surface area contributed by atoms with Crippen LogP contribution in [0.15, 0.2) is 22.7 Å². The molecule has 0 aromatic heterocycles. The van der Waals surface area contributed by atoms with Crippen LogP contribution in [-0.2, 0) is 4.79 Å². The molecule has 2 N–H and O–H groups in total. The number of likely N-dealkylation sites (N-methyl/N-ethyl adjacent to an activating group) is 1. The molecule has 0 saturated heterocycles. The lowest BCUT2D eigenvalue weighted by atomic mass is 10.1. The van der Waals surface area contributed by atoms with Gasteiger partial charge in [-0.15, -0.1) is 0 Å². The molecule has 0 heterocycles. The maximum atomic E-state index is 12.0. The van der Waals surface area contributed by atoms with Crippen LogP contribution in [0.2, 0.25) is 5.02 Å². The van der Waals surface area contributed by atoms with Crippen molar-refractivity contribution < 1.29 is 14.7 Å². The van der Waals surface area contributed by atoms with E-state index in [4.69, 9.17) is 16.7 Å². The molecule has 0 radical (unpaired) electrons. The molecule has 0 aliphatic heterocycles. The fraction of sp³-hybridized carbons (Fsp3) is 0.333. The third kappa shape index (κ3) is 3.61. The Morgan fingerprint density at radius 1 is 1.42 bits per heavy atom. The van der Waals surface area contributed by atoms with Crippen LogP contribution in [0.25, 0.3) is 0 Å². The molecule has 7 heteroatoms. The van der Waals surface area contributed by atoms with Gasteiger partial charge in [0.15, 0.2) is 0 Å². The molecule has 2 amide bonds. The van der Waals surface area contributed by atoms with Crippen molar-refractivity contribution in [3.8, 4) is 0 Å². The quantitative estimate of drug-likeness (QED) is 0.878. The van der Waals surface area contributed by atoms with Crippen LogP contribution in [0.5, 0.6) is 0 Å².